The van der Waals surface area contributed by atoms with Crippen molar-refractivity contribution in [3.05, 3.63) is 83.4 Å². The number of amides is 3. The molecule has 8 heteroatoms. The van der Waals surface area contributed by atoms with Crippen LogP contribution in [0.1, 0.15) is 27.9 Å². The minimum absolute atomic E-state index is 0.104. The number of carbonyl (C=O) groups is 3. The summed E-state index contributed by atoms with van der Waals surface area (Å²) in [5, 5.41) is 0. The smallest absolute Gasteiger partial charge is 0.257 e. The number of rotatable bonds is 6. The minimum atomic E-state index is -0.942. The van der Waals surface area contributed by atoms with E-state index in [1.165, 1.54) is 4.90 Å². The van der Waals surface area contributed by atoms with Crippen LogP contribution in [0, 0.1) is 6.92 Å². The van der Waals surface area contributed by atoms with Crippen LogP contribution in [-0.2, 0) is 16.1 Å². The number of hydrogen-bond donors (Lipinski definition) is 0. The summed E-state index contributed by atoms with van der Waals surface area (Å²) in [6.45, 7) is 2.11. The van der Waals surface area contributed by atoms with Gasteiger partial charge in [-0.2, -0.15) is 0 Å². The molecular formula is C27H24N2O6. The van der Waals surface area contributed by atoms with Crippen molar-refractivity contribution in [2.75, 3.05) is 18.8 Å². The van der Waals surface area contributed by atoms with E-state index in [0.717, 1.165) is 16.0 Å². The molecule has 2 aliphatic heterocycles. The monoisotopic (exact) mass is 472 g/mol. The second-order valence-electron chi connectivity index (χ2n) is 8.42. The molecule has 5 rings (SSSR count). The van der Waals surface area contributed by atoms with E-state index < -0.39 is 11.9 Å². The van der Waals surface area contributed by atoms with E-state index in [4.69, 9.17) is 14.2 Å². The number of anilines is 1. The molecule has 0 aromatic heterocycles. The molecule has 1 saturated heterocycles. The average molecular weight is 472 g/mol. The highest BCUT2D eigenvalue weighted by Gasteiger charge is 2.44. The normalized spacial score (nSPS) is 16.5. The second-order valence-corrected chi connectivity index (χ2v) is 8.42. The summed E-state index contributed by atoms with van der Waals surface area (Å²) < 4.78 is 16.0. The number of imide groups is 1. The van der Waals surface area contributed by atoms with Crippen LogP contribution in [0.3, 0.4) is 0 Å². The Morgan fingerprint density at radius 3 is 2.51 bits per heavy atom. The lowest BCUT2D eigenvalue weighted by molar-refractivity contribution is -0.122. The van der Waals surface area contributed by atoms with Gasteiger partial charge in [-0.15, -0.1) is 0 Å². The molecule has 3 aromatic carbocycles. The maximum atomic E-state index is 13.7. The molecule has 0 saturated carbocycles. The summed E-state index contributed by atoms with van der Waals surface area (Å²) in [6, 6.07) is 18.3. The lowest BCUT2D eigenvalue weighted by atomic mass is 10.0. The van der Waals surface area contributed by atoms with Crippen LogP contribution in [0.5, 0.6) is 17.2 Å². The number of nitrogens with zero attached hydrogens (tertiary/aromatic N) is 2. The SMILES string of the molecule is COc1ccc(N2C(=O)CC(N(Cc3ccc4c(c3)OCO4)C(=O)c3ccccc3C)C2=O)cc1. The minimum Gasteiger partial charge on any atom is -0.497 e. The molecule has 2 heterocycles. The van der Waals surface area contributed by atoms with Crippen LogP contribution >= 0.6 is 0 Å². The van der Waals surface area contributed by atoms with Crippen molar-refractivity contribution in [3.8, 4) is 17.2 Å². The lowest BCUT2D eigenvalue weighted by Gasteiger charge is -2.28. The number of ether oxygens (including phenoxy) is 3. The Bertz CT molecular complexity index is 1300. The van der Waals surface area contributed by atoms with Crippen molar-refractivity contribution in [1.29, 1.82) is 0 Å². The fraction of sp³-hybridized carbons (Fsp3) is 0.222. The molecule has 0 spiro atoms. The first-order valence-electron chi connectivity index (χ1n) is 11.2. The summed E-state index contributed by atoms with van der Waals surface area (Å²) in [5.74, 6) is 0.705. The van der Waals surface area contributed by atoms with Gasteiger partial charge in [0.2, 0.25) is 12.7 Å². The average Bonchev–Trinajstić information content (AvgIpc) is 3.45. The van der Waals surface area contributed by atoms with Gasteiger partial charge < -0.3 is 19.1 Å². The Morgan fingerprint density at radius 1 is 1.03 bits per heavy atom. The van der Waals surface area contributed by atoms with Gasteiger partial charge in [0.15, 0.2) is 11.5 Å². The van der Waals surface area contributed by atoms with E-state index in [2.05, 4.69) is 0 Å². The molecule has 3 amide bonds. The van der Waals surface area contributed by atoms with Gasteiger partial charge in [0.05, 0.1) is 19.2 Å². The Hall–Kier alpha value is -4.33. The quantitative estimate of drug-likeness (QED) is 0.509. The molecule has 0 aliphatic carbocycles. The molecule has 0 radical (unpaired) electrons. The predicted molar refractivity (Wildman–Crippen MR) is 128 cm³/mol. The molecule has 178 valence electrons. The maximum Gasteiger partial charge on any atom is 0.257 e. The van der Waals surface area contributed by atoms with Gasteiger partial charge in [-0.25, -0.2) is 4.90 Å². The van der Waals surface area contributed by atoms with Crippen LogP contribution in [0.25, 0.3) is 0 Å². The van der Waals surface area contributed by atoms with Crippen molar-refractivity contribution >= 4 is 23.4 Å². The highest BCUT2D eigenvalue weighted by atomic mass is 16.7. The zero-order valence-electron chi connectivity index (χ0n) is 19.4. The molecule has 1 fully saturated rings. The third-order valence-electron chi connectivity index (χ3n) is 6.26. The summed E-state index contributed by atoms with van der Waals surface area (Å²) in [7, 11) is 1.54. The molecule has 1 unspecified atom stereocenters. The standard InChI is InChI=1S/C27H24N2O6/c1-17-5-3-4-6-21(17)26(31)28(15-18-7-12-23-24(13-18)35-16-34-23)22-14-25(30)29(27(22)32)19-8-10-20(33-2)11-9-19/h3-13,22H,14-16H2,1-2H3. The Morgan fingerprint density at radius 2 is 1.77 bits per heavy atom. The van der Waals surface area contributed by atoms with E-state index >= 15 is 0 Å². The third-order valence-corrected chi connectivity index (χ3v) is 6.26. The summed E-state index contributed by atoms with van der Waals surface area (Å²) in [6.07, 6.45) is -0.104. The van der Waals surface area contributed by atoms with Crippen LogP contribution in [-0.4, -0.2) is 42.6 Å². The Kier molecular flexibility index (Phi) is 5.86. The highest BCUT2D eigenvalue weighted by Crippen LogP contribution is 2.34. The topological polar surface area (TPSA) is 85.4 Å². The number of aryl methyl sites for hydroxylation is 1. The van der Waals surface area contributed by atoms with Gasteiger partial charge in [-0.05, 0) is 60.5 Å². The number of carbonyl (C=O) groups excluding carboxylic acids is 3. The first kappa shape index (κ1) is 22.5. The Labute approximate surface area is 202 Å². The molecule has 35 heavy (non-hydrogen) atoms. The summed E-state index contributed by atoms with van der Waals surface area (Å²) in [5.41, 5.74) is 2.47. The Balaban J connectivity index is 1.49. The van der Waals surface area contributed by atoms with E-state index in [-0.39, 0.29) is 31.6 Å². The first-order valence-corrected chi connectivity index (χ1v) is 11.2. The second kappa shape index (κ2) is 9.13. The zero-order valence-corrected chi connectivity index (χ0v) is 19.4. The van der Waals surface area contributed by atoms with Gasteiger partial charge >= 0.3 is 0 Å². The van der Waals surface area contributed by atoms with Crippen LogP contribution < -0.4 is 19.1 Å². The molecule has 3 aromatic rings. The van der Waals surface area contributed by atoms with Gasteiger partial charge in [0.25, 0.3) is 11.8 Å². The highest BCUT2D eigenvalue weighted by molar-refractivity contribution is 6.23. The number of methoxy groups -OCH3 is 1. The fourth-order valence-electron chi connectivity index (χ4n) is 4.39. The number of benzene rings is 3. The number of fused-ring (bicyclic) bond motifs is 1. The molecule has 0 bridgehead atoms. The molecule has 2 aliphatic rings. The van der Waals surface area contributed by atoms with Crippen LogP contribution in [0.4, 0.5) is 5.69 Å². The van der Waals surface area contributed by atoms with Crippen molar-refractivity contribution in [2.45, 2.75) is 25.9 Å². The molecule has 8 nitrogen and oxygen atoms in total. The lowest BCUT2D eigenvalue weighted by Crippen LogP contribution is -2.45. The van der Waals surface area contributed by atoms with Crippen molar-refractivity contribution in [2.24, 2.45) is 0 Å². The molecule has 1 atom stereocenters. The maximum absolute atomic E-state index is 13.7. The van der Waals surface area contributed by atoms with E-state index in [1.54, 1.807) is 55.6 Å². The van der Waals surface area contributed by atoms with Gasteiger partial charge in [-0.1, -0.05) is 24.3 Å². The first-order chi connectivity index (χ1) is 17.0. The zero-order chi connectivity index (χ0) is 24.5. The summed E-state index contributed by atoms with van der Waals surface area (Å²) in [4.78, 5) is 42.9. The van der Waals surface area contributed by atoms with Crippen molar-refractivity contribution in [1.82, 2.24) is 4.90 Å². The predicted octanol–water partition coefficient (Wildman–Crippen LogP) is 3.71. The third kappa shape index (κ3) is 4.19. The van der Waals surface area contributed by atoms with E-state index in [0.29, 0.717) is 28.5 Å². The molecule has 0 N–H and O–H groups in total. The summed E-state index contributed by atoms with van der Waals surface area (Å²) >= 11 is 0. The van der Waals surface area contributed by atoms with Crippen molar-refractivity contribution < 1.29 is 28.6 Å². The van der Waals surface area contributed by atoms with E-state index in [9.17, 15) is 14.4 Å². The van der Waals surface area contributed by atoms with Crippen LogP contribution in [0.2, 0.25) is 0 Å². The van der Waals surface area contributed by atoms with Gasteiger partial charge in [0.1, 0.15) is 11.8 Å². The van der Waals surface area contributed by atoms with Gasteiger partial charge in [0, 0.05) is 12.1 Å². The van der Waals surface area contributed by atoms with Crippen LogP contribution in [0.15, 0.2) is 66.7 Å². The van der Waals surface area contributed by atoms with E-state index in [1.807, 2.05) is 25.1 Å². The fourth-order valence-corrected chi connectivity index (χ4v) is 4.39. The van der Waals surface area contributed by atoms with Gasteiger partial charge in [-0.3, -0.25) is 14.4 Å². The molecular weight excluding hydrogens is 448 g/mol. The number of hydrogen-bond acceptors (Lipinski definition) is 6. The van der Waals surface area contributed by atoms with Crippen molar-refractivity contribution in [3.63, 3.8) is 0 Å². The largest absolute Gasteiger partial charge is 0.497 e.